The van der Waals surface area contributed by atoms with E-state index in [1.807, 2.05) is 6.92 Å². The molecular formula is C13H21NO4. The molecule has 1 N–H and O–H groups in total. The van der Waals surface area contributed by atoms with Crippen LogP contribution >= 0.6 is 0 Å². The molecule has 1 aromatic carbocycles. The number of aliphatic hydroxyl groups is 1. The van der Waals surface area contributed by atoms with Crippen LogP contribution in [0.15, 0.2) is 30.3 Å². The van der Waals surface area contributed by atoms with Crippen molar-refractivity contribution in [2.24, 2.45) is 0 Å². The quantitative estimate of drug-likeness (QED) is 0.367. The standard InChI is InChI=1S/C7H16O2.C6H5NO2/c1-3-5-6-9-7(8)4-2;8-7(9)6-4-2-1-3-5-6/h7-8H,3-6H2,1-2H3;1-5H. The molecule has 0 saturated heterocycles. The Morgan fingerprint density at radius 3 is 2.33 bits per heavy atom. The number of unbranched alkanes of at least 4 members (excludes halogenated alkanes) is 1. The summed E-state index contributed by atoms with van der Waals surface area (Å²) in [5.74, 6) is 0. The number of aliphatic hydroxyl groups excluding tert-OH is 1. The van der Waals surface area contributed by atoms with Crippen LogP contribution in [0.1, 0.15) is 33.1 Å². The molecule has 1 rings (SSSR count). The molecule has 0 aliphatic rings. The van der Waals surface area contributed by atoms with Crippen molar-refractivity contribution in [3.63, 3.8) is 0 Å². The van der Waals surface area contributed by atoms with Gasteiger partial charge in [0.05, 0.1) is 4.92 Å². The van der Waals surface area contributed by atoms with E-state index in [1.165, 1.54) is 12.1 Å². The Balaban J connectivity index is 0.000000321. The second-order valence-corrected chi connectivity index (χ2v) is 3.68. The van der Waals surface area contributed by atoms with E-state index in [-0.39, 0.29) is 5.69 Å². The fourth-order valence-electron chi connectivity index (χ4n) is 1.03. The molecule has 1 unspecified atom stereocenters. The van der Waals surface area contributed by atoms with Gasteiger partial charge in [0.25, 0.3) is 5.69 Å². The highest BCUT2D eigenvalue weighted by atomic mass is 16.6. The van der Waals surface area contributed by atoms with Crippen molar-refractivity contribution in [2.45, 2.75) is 39.4 Å². The normalized spacial score (nSPS) is 11.3. The van der Waals surface area contributed by atoms with Gasteiger partial charge in [-0.05, 0) is 12.8 Å². The maximum atomic E-state index is 10.0. The van der Waals surface area contributed by atoms with Crippen LogP contribution in [-0.4, -0.2) is 22.9 Å². The molecule has 0 spiro atoms. The van der Waals surface area contributed by atoms with Gasteiger partial charge < -0.3 is 9.84 Å². The Bertz CT molecular complexity index is 316. The minimum atomic E-state index is -0.545. The molecule has 0 radical (unpaired) electrons. The molecule has 1 aromatic rings. The Kier molecular flexibility index (Phi) is 9.81. The molecule has 1 atom stereocenters. The van der Waals surface area contributed by atoms with Crippen LogP contribution in [0.4, 0.5) is 5.69 Å². The molecule has 5 nitrogen and oxygen atoms in total. The number of benzene rings is 1. The molecule has 0 bridgehead atoms. The monoisotopic (exact) mass is 255 g/mol. The molecule has 5 heteroatoms. The first-order valence-corrected chi connectivity index (χ1v) is 6.10. The first-order valence-electron chi connectivity index (χ1n) is 6.10. The van der Waals surface area contributed by atoms with Crippen LogP contribution in [0.5, 0.6) is 0 Å². The molecular weight excluding hydrogens is 234 g/mol. The first kappa shape index (κ1) is 16.5. The van der Waals surface area contributed by atoms with E-state index in [4.69, 9.17) is 9.84 Å². The molecule has 102 valence electrons. The highest BCUT2D eigenvalue weighted by molar-refractivity contribution is 5.27. The van der Waals surface area contributed by atoms with Gasteiger partial charge in [0, 0.05) is 18.7 Å². The second-order valence-electron chi connectivity index (χ2n) is 3.68. The summed E-state index contributed by atoms with van der Waals surface area (Å²) in [6.07, 6.45) is 2.30. The minimum Gasteiger partial charge on any atom is -0.368 e. The lowest BCUT2D eigenvalue weighted by Gasteiger charge is -2.07. The Morgan fingerprint density at radius 1 is 1.33 bits per heavy atom. The maximum Gasteiger partial charge on any atom is 0.269 e. The van der Waals surface area contributed by atoms with Crippen LogP contribution in [0, 0.1) is 10.1 Å². The van der Waals surface area contributed by atoms with Gasteiger partial charge in [-0.1, -0.05) is 38.5 Å². The fourth-order valence-corrected chi connectivity index (χ4v) is 1.03. The number of para-hydroxylation sites is 1. The van der Waals surface area contributed by atoms with Crippen LogP contribution in [0.3, 0.4) is 0 Å². The Labute approximate surface area is 108 Å². The van der Waals surface area contributed by atoms with Crippen LogP contribution < -0.4 is 0 Å². The predicted molar refractivity (Wildman–Crippen MR) is 70.3 cm³/mol. The van der Waals surface area contributed by atoms with Gasteiger partial charge in [-0.25, -0.2) is 0 Å². The van der Waals surface area contributed by atoms with Gasteiger partial charge in [0.2, 0.25) is 0 Å². The zero-order valence-corrected chi connectivity index (χ0v) is 10.9. The topological polar surface area (TPSA) is 72.6 Å². The van der Waals surface area contributed by atoms with Gasteiger partial charge in [-0.15, -0.1) is 0 Å². The van der Waals surface area contributed by atoms with Crippen molar-refractivity contribution in [2.75, 3.05) is 6.61 Å². The molecule has 0 amide bonds. The average molecular weight is 255 g/mol. The van der Waals surface area contributed by atoms with E-state index >= 15 is 0 Å². The molecule has 0 saturated carbocycles. The number of hydrogen-bond acceptors (Lipinski definition) is 4. The van der Waals surface area contributed by atoms with E-state index in [1.54, 1.807) is 18.2 Å². The highest BCUT2D eigenvalue weighted by Crippen LogP contribution is 2.06. The van der Waals surface area contributed by atoms with E-state index in [0.29, 0.717) is 13.0 Å². The molecule has 18 heavy (non-hydrogen) atoms. The van der Waals surface area contributed by atoms with Gasteiger partial charge in [-0.2, -0.15) is 0 Å². The summed E-state index contributed by atoms with van der Waals surface area (Å²) in [6, 6.07) is 7.93. The zero-order chi connectivity index (χ0) is 13.8. The number of rotatable bonds is 6. The maximum absolute atomic E-state index is 10.0. The lowest BCUT2D eigenvalue weighted by atomic mass is 10.3. The molecule has 0 aliphatic carbocycles. The van der Waals surface area contributed by atoms with Crippen molar-refractivity contribution in [1.29, 1.82) is 0 Å². The highest BCUT2D eigenvalue weighted by Gasteiger charge is 1.98. The van der Waals surface area contributed by atoms with Crippen molar-refractivity contribution in [3.8, 4) is 0 Å². The van der Waals surface area contributed by atoms with Crippen molar-refractivity contribution >= 4 is 5.69 Å². The average Bonchev–Trinajstić information content (AvgIpc) is 2.40. The van der Waals surface area contributed by atoms with Gasteiger partial charge in [0.1, 0.15) is 0 Å². The molecule has 0 aromatic heterocycles. The third-order valence-corrected chi connectivity index (χ3v) is 2.12. The summed E-state index contributed by atoms with van der Waals surface area (Å²) in [4.78, 5) is 9.59. The zero-order valence-electron chi connectivity index (χ0n) is 10.9. The summed E-state index contributed by atoms with van der Waals surface area (Å²) < 4.78 is 4.99. The molecule has 0 heterocycles. The number of nitro groups is 1. The fraction of sp³-hybridized carbons (Fsp3) is 0.538. The van der Waals surface area contributed by atoms with E-state index in [9.17, 15) is 10.1 Å². The smallest absolute Gasteiger partial charge is 0.269 e. The summed E-state index contributed by atoms with van der Waals surface area (Å²) in [6.45, 7) is 4.68. The summed E-state index contributed by atoms with van der Waals surface area (Å²) in [7, 11) is 0. The largest absolute Gasteiger partial charge is 0.368 e. The molecule has 0 fully saturated rings. The third-order valence-electron chi connectivity index (χ3n) is 2.12. The Hall–Kier alpha value is -1.46. The van der Waals surface area contributed by atoms with Gasteiger partial charge in [0.15, 0.2) is 6.29 Å². The van der Waals surface area contributed by atoms with Gasteiger partial charge >= 0.3 is 0 Å². The summed E-state index contributed by atoms with van der Waals surface area (Å²) >= 11 is 0. The second kappa shape index (κ2) is 10.7. The number of ether oxygens (including phenoxy) is 1. The number of nitrogens with zero attached hydrogens (tertiary/aromatic N) is 1. The SMILES string of the molecule is CCCCOC(O)CC.O=[N+]([O-])c1ccccc1. The van der Waals surface area contributed by atoms with Crippen LogP contribution in [-0.2, 0) is 4.74 Å². The van der Waals surface area contributed by atoms with Crippen LogP contribution in [0.25, 0.3) is 0 Å². The minimum absolute atomic E-state index is 0.137. The summed E-state index contributed by atoms with van der Waals surface area (Å²) in [5.41, 5.74) is 0.137. The lowest BCUT2D eigenvalue weighted by Crippen LogP contribution is -2.10. The number of non-ortho nitro benzene ring substituents is 1. The van der Waals surface area contributed by atoms with Crippen LogP contribution in [0.2, 0.25) is 0 Å². The third kappa shape index (κ3) is 8.66. The van der Waals surface area contributed by atoms with E-state index < -0.39 is 11.2 Å². The van der Waals surface area contributed by atoms with E-state index in [2.05, 4.69) is 6.92 Å². The molecule has 0 aliphatic heterocycles. The van der Waals surface area contributed by atoms with Crippen molar-refractivity contribution in [3.05, 3.63) is 40.4 Å². The van der Waals surface area contributed by atoms with E-state index in [0.717, 1.165) is 12.8 Å². The summed E-state index contributed by atoms with van der Waals surface area (Å²) in [5, 5.41) is 18.9. The Morgan fingerprint density at radius 2 is 1.94 bits per heavy atom. The number of nitro benzene ring substituents is 1. The number of hydrogen-bond donors (Lipinski definition) is 1. The first-order chi connectivity index (χ1) is 8.61. The lowest BCUT2D eigenvalue weighted by molar-refractivity contribution is -0.384. The van der Waals surface area contributed by atoms with Crippen molar-refractivity contribution < 1.29 is 14.8 Å². The van der Waals surface area contributed by atoms with Crippen molar-refractivity contribution in [1.82, 2.24) is 0 Å². The van der Waals surface area contributed by atoms with Gasteiger partial charge in [-0.3, -0.25) is 10.1 Å². The predicted octanol–water partition coefficient (Wildman–Crippen LogP) is 3.13.